The van der Waals surface area contributed by atoms with E-state index in [0.29, 0.717) is 13.1 Å². The SMILES string of the molecule is Cc1cc(NCCO)cc(CN)n1. The third-order valence-corrected chi connectivity index (χ3v) is 1.66. The summed E-state index contributed by atoms with van der Waals surface area (Å²) in [5.41, 5.74) is 8.23. The third-order valence-electron chi connectivity index (χ3n) is 1.66. The molecule has 0 spiro atoms. The van der Waals surface area contributed by atoms with Gasteiger partial charge in [-0.15, -0.1) is 0 Å². The van der Waals surface area contributed by atoms with E-state index in [1.165, 1.54) is 0 Å². The Hall–Kier alpha value is -1.13. The van der Waals surface area contributed by atoms with Gasteiger partial charge in [-0.25, -0.2) is 0 Å². The Morgan fingerprint density at radius 1 is 1.54 bits per heavy atom. The Morgan fingerprint density at radius 3 is 2.92 bits per heavy atom. The third kappa shape index (κ3) is 3.01. The van der Waals surface area contributed by atoms with Crippen LogP contribution >= 0.6 is 0 Å². The van der Waals surface area contributed by atoms with E-state index >= 15 is 0 Å². The molecular weight excluding hydrogens is 166 g/mol. The normalized spacial score (nSPS) is 10.1. The molecule has 0 aliphatic carbocycles. The van der Waals surface area contributed by atoms with Crippen molar-refractivity contribution < 1.29 is 5.11 Å². The number of nitrogens with zero attached hydrogens (tertiary/aromatic N) is 1. The molecule has 0 atom stereocenters. The summed E-state index contributed by atoms with van der Waals surface area (Å²) in [7, 11) is 0. The molecule has 0 saturated heterocycles. The largest absolute Gasteiger partial charge is 0.395 e. The van der Waals surface area contributed by atoms with Crippen molar-refractivity contribution in [3.05, 3.63) is 23.5 Å². The highest BCUT2D eigenvalue weighted by Gasteiger charge is 1.97. The van der Waals surface area contributed by atoms with Gasteiger partial charge in [0.1, 0.15) is 0 Å². The molecule has 0 fully saturated rings. The van der Waals surface area contributed by atoms with E-state index in [0.717, 1.165) is 17.1 Å². The maximum Gasteiger partial charge on any atom is 0.0604 e. The predicted molar refractivity (Wildman–Crippen MR) is 52.4 cm³/mol. The van der Waals surface area contributed by atoms with E-state index in [1.54, 1.807) is 0 Å². The van der Waals surface area contributed by atoms with Crippen LogP contribution in [-0.2, 0) is 6.54 Å². The monoisotopic (exact) mass is 181 g/mol. The van der Waals surface area contributed by atoms with E-state index < -0.39 is 0 Å². The van der Waals surface area contributed by atoms with Crippen LogP contribution < -0.4 is 11.1 Å². The van der Waals surface area contributed by atoms with Crippen LogP contribution in [0.2, 0.25) is 0 Å². The minimum Gasteiger partial charge on any atom is -0.395 e. The predicted octanol–water partition coefficient (Wildman–Crippen LogP) is 0.253. The summed E-state index contributed by atoms with van der Waals surface area (Å²) in [6.45, 7) is 3.03. The van der Waals surface area contributed by atoms with Gasteiger partial charge in [0.2, 0.25) is 0 Å². The molecule has 0 bridgehead atoms. The summed E-state index contributed by atoms with van der Waals surface area (Å²) in [6.07, 6.45) is 0. The molecule has 1 heterocycles. The smallest absolute Gasteiger partial charge is 0.0604 e. The van der Waals surface area contributed by atoms with Crippen LogP contribution in [0.5, 0.6) is 0 Å². The summed E-state index contributed by atoms with van der Waals surface area (Å²) in [5.74, 6) is 0. The molecule has 13 heavy (non-hydrogen) atoms. The lowest BCUT2D eigenvalue weighted by molar-refractivity contribution is 0.311. The molecule has 0 aromatic carbocycles. The average Bonchev–Trinajstić information content (AvgIpc) is 2.14. The van der Waals surface area contributed by atoms with Crippen LogP contribution in [0, 0.1) is 6.92 Å². The minimum absolute atomic E-state index is 0.124. The van der Waals surface area contributed by atoms with Crippen molar-refractivity contribution in [1.82, 2.24) is 4.98 Å². The van der Waals surface area contributed by atoms with Crippen molar-refractivity contribution in [2.75, 3.05) is 18.5 Å². The second-order valence-electron chi connectivity index (χ2n) is 2.84. The van der Waals surface area contributed by atoms with E-state index in [4.69, 9.17) is 10.8 Å². The Bertz CT molecular complexity index is 276. The number of rotatable bonds is 4. The second kappa shape index (κ2) is 4.79. The first-order valence-electron chi connectivity index (χ1n) is 4.28. The molecule has 0 unspecified atom stereocenters. The Kier molecular flexibility index (Phi) is 3.67. The zero-order chi connectivity index (χ0) is 9.68. The number of aromatic nitrogens is 1. The van der Waals surface area contributed by atoms with Crippen molar-refractivity contribution in [2.24, 2.45) is 5.73 Å². The van der Waals surface area contributed by atoms with Gasteiger partial charge in [0.15, 0.2) is 0 Å². The van der Waals surface area contributed by atoms with E-state index in [-0.39, 0.29) is 6.61 Å². The number of hydrogen-bond acceptors (Lipinski definition) is 4. The summed E-state index contributed by atoms with van der Waals surface area (Å²) in [6, 6.07) is 3.82. The summed E-state index contributed by atoms with van der Waals surface area (Å²) < 4.78 is 0. The Labute approximate surface area is 77.8 Å². The van der Waals surface area contributed by atoms with Gasteiger partial charge in [0.25, 0.3) is 0 Å². The van der Waals surface area contributed by atoms with Crippen molar-refractivity contribution in [1.29, 1.82) is 0 Å². The van der Waals surface area contributed by atoms with Gasteiger partial charge >= 0.3 is 0 Å². The lowest BCUT2D eigenvalue weighted by Crippen LogP contribution is -2.08. The van der Waals surface area contributed by atoms with Crippen LogP contribution in [0.15, 0.2) is 12.1 Å². The summed E-state index contributed by atoms with van der Waals surface area (Å²) >= 11 is 0. The number of hydrogen-bond donors (Lipinski definition) is 3. The molecule has 0 radical (unpaired) electrons. The van der Waals surface area contributed by atoms with Crippen LogP contribution in [0.1, 0.15) is 11.4 Å². The number of nitrogens with two attached hydrogens (primary N) is 1. The molecule has 4 nitrogen and oxygen atoms in total. The standard InChI is InChI=1S/C9H15N3O/c1-7-4-8(11-2-3-13)5-9(6-10)12-7/h4-5,13H,2-3,6,10H2,1H3,(H,11,12). The first-order chi connectivity index (χ1) is 6.26. The van der Waals surface area contributed by atoms with Gasteiger partial charge in [0.05, 0.1) is 12.3 Å². The van der Waals surface area contributed by atoms with Gasteiger partial charge in [-0.2, -0.15) is 0 Å². The van der Waals surface area contributed by atoms with Gasteiger partial charge in [-0.1, -0.05) is 0 Å². The molecule has 1 rings (SSSR count). The molecule has 0 aliphatic rings. The molecule has 1 aromatic heterocycles. The fraction of sp³-hybridized carbons (Fsp3) is 0.444. The number of anilines is 1. The second-order valence-corrected chi connectivity index (χ2v) is 2.84. The van der Waals surface area contributed by atoms with Crippen LogP contribution in [0.4, 0.5) is 5.69 Å². The quantitative estimate of drug-likeness (QED) is 0.622. The number of aryl methyl sites for hydroxylation is 1. The highest BCUT2D eigenvalue weighted by atomic mass is 16.3. The van der Waals surface area contributed by atoms with Gasteiger partial charge < -0.3 is 16.2 Å². The van der Waals surface area contributed by atoms with Crippen molar-refractivity contribution in [2.45, 2.75) is 13.5 Å². The van der Waals surface area contributed by atoms with Crippen molar-refractivity contribution >= 4 is 5.69 Å². The molecule has 4 heteroatoms. The van der Waals surface area contributed by atoms with E-state index in [1.807, 2.05) is 19.1 Å². The maximum absolute atomic E-state index is 8.62. The lowest BCUT2D eigenvalue weighted by Gasteiger charge is -2.06. The molecule has 0 aliphatic heterocycles. The summed E-state index contributed by atoms with van der Waals surface area (Å²) in [5, 5.41) is 11.7. The molecular formula is C9H15N3O. The Balaban J connectivity index is 2.76. The van der Waals surface area contributed by atoms with Crippen molar-refractivity contribution in [3.8, 4) is 0 Å². The number of nitrogens with one attached hydrogen (secondary N) is 1. The lowest BCUT2D eigenvalue weighted by atomic mass is 10.2. The van der Waals surface area contributed by atoms with Crippen LogP contribution in [0.25, 0.3) is 0 Å². The summed E-state index contributed by atoms with van der Waals surface area (Å²) in [4.78, 5) is 4.23. The van der Waals surface area contributed by atoms with E-state index in [2.05, 4.69) is 10.3 Å². The fourth-order valence-electron chi connectivity index (χ4n) is 1.14. The maximum atomic E-state index is 8.62. The van der Waals surface area contributed by atoms with Crippen LogP contribution in [-0.4, -0.2) is 23.2 Å². The van der Waals surface area contributed by atoms with E-state index in [9.17, 15) is 0 Å². The first kappa shape index (κ1) is 9.95. The fourth-order valence-corrected chi connectivity index (χ4v) is 1.14. The van der Waals surface area contributed by atoms with Gasteiger partial charge in [0, 0.05) is 24.5 Å². The first-order valence-corrected chi connectivity index (χ1v) is 4.28. The van der Waals surface area contributed by atoms with Crippen molar-refractivity contribution in [3.63, 3.8) is 0 Å². The highest BCUT2D eigenvalue weighted by Crippen LogP contribution is 2.10. The Morgan fingerprint density at radius 2 is 2.31 bits per heavy atom. The molecule has 0 saturated carbocycles. The van der Waals surface area contributed by atoms with Gasteiger partial charge in [-0.3, -0.25) is 4.98 Å². The van der Waals surface area contributed by atoms with Gasteiger partial charge in [-0.05, 0) is 19.1 Å². The zero-order valence-electron chi connectivity index (χ0n) is 7.75. The highest BCUT2D eigenvalue weighted by molar-refractivity contribution is 5.45. The topological polar surface area (TPSA) is 71.2 Å². The zero-order valence-corrected chi connectivity index (χ0v) is 7.75. The number of aliphatic hydroxyl groups excluding tert-OH is 1. The molecule has 72 valence electrons. The molecule has 4 N–H and O–H groups in total. The minimum atomic E-state index is 0.124. The van der Waals surface area contributed by atoms with Crippen LogP contribution in [0.3, 0.4) is 0 Å². The number of pyridine rings is 1. The molecule has 0 amide bonds. The molecule has 1 aromatic rings. The average molecular weight is 181 g/mol. The number of aliphatic hydroxyl groups is 1.